The number of aromatic nitrogens is 2. The van der Waals surface area contributed by atoms with E-state index in [0.717, 1.165) is 6.42 Å². The summed E-state index contributed by atoms with van der Waals surface area (Å²) in [6, 6.07) is -0.0891. The number of hydrogen-bond donors (Lipinski definition) is 1. The van der Waals surface area contributed by atoms with E-state index in [0.29, 0.717) is 11.7 Å². The third kappa shape index (κ3) is 2.31. The minimum Gasteiger partial charge on any atom is -0.343 e. The molecule has 0 aliphatic heterocycles. The Labute approximate surface area is 65.8 Å². The van der Waals surface area contributed by atoms with Crippen molar-refractivity contribution in [3.05, 3.63) is 12.2 Å². The van der Waals surface area contributed by atoms with E-state index in [9.17, 15) is 0 Å². The van der Waals surface area contributed by atoms with Crippen LogP contribution in [-0.4, -0.2) is 10.1 Å². The van der Waals surface area contributed by atoms with Crippen LogP contribution in [0.25, 0.3) is 0 Å². The van der Waals surface area contributed by atoms with E-state index in [4.69, 9.17) is 5.73 Å². The van der Waals surface area contributed by atoms with Gasteiger partial charge in [-0.15, -0.1) is 0 Å². The highest BCUT2D eigenvalue weighted by atomic mass is 16.5. The predicted octanol–water partition coefficient (Wildman–Crippen LogP) is 1.12. The molecule has 1 rings (SSSR count). The van der Waals surface area contributed by atoms with Crippen molar-refractivity contribution in [2.45, 2.75) is 26.3 Å². The van der Waals surface area contributed by atoms with Crippen molar-refractivity contribution < 1.29 is 4.52 Å². The zero-order chi connectivity index (χ0) is 8.27. The van der Waals surface area contributed by atoms with Crippen molar-refractivity contribution >= 4 is 0 Å². The fraction of sp³-hybridized carbons (Fsp3) is 0.714. The normalized spacial score (nSPS) is 13.8. The second-order valence-corrected chi connectivity index (χ2v) is 3.03. The zero-order valence-electron chi connectivity index (χ0n) is 6.82. The maximum Gasteiger partial charge on any atom is 0.213 e. The predicted molar refractivity (Wildman–Crippen MR) is 40.7 cm³/mol. The lowest BCUT2D eigenvalue weighted by Gasteiger charge is -2.08. The van der Waals surface area contributed by atoms with E-state index in [2.05, 4.69) is 28.5 Å². The summed E-state index contributed by atoms with van der Waals surface area (Å²) in [6.07, 6.45) is 2.19. The van der Waals surface area contributed by atoms with Crippen LogP contribution in [0.4, 0.5) is 0 Å². The molecule has 0 saturated carbocycles. The van der Waals surface area contributed by atoms with E-state index < -0.39 is 0 Å². The molecule has 11 heavy (non-hydrogen) atoms. The van der Waals surface area contributed by atoms with Gasteiger partial charge in [0, 0.05) is 0 Å². The third-order valence-corrected chi connectivity index (χ3v) is 1.44. The topological polar surface area (TPSA) is 64.9 Å². The van der Waals surface area contributed by atoms with Gasteiger partial charge in [0.2, 0.25) is 6.39 Å². The first-order valence-electron chi connectivity index (χ1n) is 3.72. The van der Waals surface area contributed by atoms with Crippen molar-refractivity contribution in [1.29, 1.82) is 0 Å². The van der Waals surface area contributed by atoms with Crippen molar-refractivity contribution in [3.63, 3.8) is 0 Å². The summed E-state index contributed by atoms with van der Waals surface area (Å²) in [5.74, 6) is 1.15. The van der Waals surface area contributed by atoms with Crippen LogP contribution < -0.4 is 5.73 Å². The molecule has 0 saturated heterocycles. The summed E-state index contributed by atoms with van der Waals surface area (Å²) in [4.78, 5) is 3.87. The molecule has 1 atom stereocenters. The number of rotatable bonds is 3. The van der Waals surface area contributed by atoms with Gasteiger partial charge in [0.15, 0.2) is 5.82 Å². The molecule has 4 heteroatoms. The lowest BCUT2D eigenvalue weighted by atomic mass is 10.0. The molecule has 1 aromatic heterocycles. The van der Waals surface area contributed by atoms with Gasteiger partial charge in [-0.1, -0.05) is 19.0 Å². The van der Waals surface area contributed by atoms with Gasteiger partial charge in [-0.05, 0) is 12.3 Å². The monoisotopic (exact) mass is 155 g/mol. The molecule has 62 valence electrons. The Morgan fingerprint density at radius 1 is 1.64 bits per heavy atom. The standard InChI is InChI=1S/C7H13N3O/c1-5(2)3-6(8)7-9-4-11-10-7/h4-6H,3,8H2,1-2H3. The smallest absolute Gasteiger partial charge is 0.213 e. The highest BCUT2D eigenvalue weighted by Gasteiger charge is 2.11. The molecule has 1 aromatic rings. The first kappa shape index (κ1) is 8.20. The molecular formula is C7H13N3O. The average molecular weight is 155 g/mol. The van der Waals surface area contributed by atoms with Crippen LogP contribution in [0.15, 0.2) is 10.9 Å². The highest BCUT2D eigenvalue weighted by molar-refractivity contribution is 4.87. The SMILES string of the molecule is CC(C)CC(N)c1ncon1. The average Bonchev–Trinajstić information content (AvgIpc) is 2.35. The Morgan fingerprint density at radius 2 is 2.36 bits per heavy atom. The molecule has 0 aliphatic rings. The van der Waals surface area contributed by atoms with Gasteiger partial charge in [-0.3, -0.25) is 0 Å². The van der Waals surface area contributed by atoms with Gasteiger partial charge in [-0.2, -0.15) is 4.98 Å². The fourth-order valence-corrected chi connectivity index (χ4v) is 0.955. The molecule has 0 fully saturated rings. The highest BCUT2D eigenvalue weighted by Crippen LogP contribution is 2.14. The maximum atomic E-state index is 5.76. The lowest BCUT2D eigenvalue weighted by Crippen LogP contribution is -2.14. The molecular weight excluding hydrogens is 142 g/mol. The quantitative estimate of drug-likeness (QED) is 0.710. The van der Waals surface area contributed by atoms with Crippen LogP contribution in [0.2, 0.25) is 0 Å². The molecule has 0 aromatic carbocycles. The molecule has 1 unspecified atom stereocenters. The Bertz CT molecular complexity index is 195. The molecule has 2 N–H and O–H groups in total. The fourth-order valence-electron chi connectivity index (χ4n) is 0.955. The van der Waals surface area contributed by atoms with Crippen LogP contribution in [0, 0.1) is 5.92 Å². The number of nitrogens with two attached hydrogens (primary N) is 1. The lowest BCUT2D eigenvalue weighted by molar-refractivity contribution is 0.396. The molecule has 0 radical (unpaired) electrons. The molecule has 4 nitrogen and oxygen atoms in total. The summed E-state index contributed by atoms with van der Waals surface area (Å²) in [5, 5.41) is 3.66. The Kier molecular flexibility index (Phi) is 2.59. The Hall–Kier alpha value is -0.900. The maximum absolute atomic E-state index is 5.76. The van der Waals surface area contributed by atoms with E-state index >= 15 is 0 Å². The van der Waals surface area contributed by atoms with E-state index in [1.165, 1.54) is 6.39 Å². The zero-order valence-corrected chi connectivity index (χ0v) is 6.82. The largest absolute Gasteiger partial charge is 0.343 e. The number of nitrogens with zero attached hydrogens (tertiary/aromatic N) is 2. The van der Waals surface area contributed by atoms with Gasteiger partial charge in [0.05, 0.1) is 6.04 Å². The molecule has 1 heterocycles. The minimum absolute atomic E-state index is 0.0891. The summed E-state index contributed by atoms with van der Waals surface area (Å²) in [5.41, 5.74) is 5.76. The van der Waals surface area contributed by atoms with Crippen LogP contribution in [0.3, 0.4) is 0 Å². The van der Waals surface area contributed by atoms with Gasteiger partial charge in [0.1, 0.15) is 0 Å². The number of hydrogen-bond acceptors (Lipinski definition) is 4. The summed E-state index contributed by atoms with van der Waals surface area (Å²) in [7, 11) is 0. The van der Waals surface area contributed by atoms with E-state index in [1.54, 1.807) is 0 Å². The molecule has 0 spiro atoms. The molecule has 0 bridgehead atoms. The first-order valence-corrected chi connectivity index (χ1v) is 3.72. The van der Waals surface area contributed by atoms with Crippen molar-refractivity contribution in [2.75, 3.05) is 0 Å². The first-order chi connectivity index (χ1) is 5.20. The third-order valence-electron chi connectivity index (χ3n) is 1.44. The van der Waals surface area contributed by atoms with Crippen LogP contribution >= 0.6 is 0 Å². The minimum atomic E-state index is -0.0891. The van der Waals surface area contributed by atoms with Gasteiger partial charge in [0.25, 0.3) is 0 Å². The van der Waals surface area contributed by atoms with E-state index in [1.807, 2.05) is 0 Å². The van der Waals surface area contributed by atoms with Crippen molar-refractivity contribution in [2.24, 2.45) is 11.7 Å². The van der Waals surface area contributed by atoms with Crippen LogP contribution in [-0.2, 0) is 0 Å². The van der Waals surface area contributed by atoms with E-state index in [-0.39, 0.29) is 6.04 Å². The van der Waals surface area contributed by atoms with Crippen molar-refractivity contribution in [3.8, 4) is 0 Å². The second-order valence-electron chi connectivity index (χ2n) is 3.03. The summed E-state index contributed by atoms with van der Waals surface area (Å²) < 4.78 is 4.58. The van der Waals surface area contributed by atoms with Gasteiger partial charge in [-0.25, -0.2) is 0 Å². The van der Waals surface area contributed by atoms with Crippen LogP contribution in [0.1, 0.15) is 32.1 Å². The van der Waals surface area contributed by atoms with Crippen molar-refractivity contribution in [1.82, 2.24) is 10.1 Å². The Balaban J connectivity index is 2.49. The van der Waals surface area contributed by atoms with Gasteiger partial charge < -0.3 is 10.3 Å². The molecule has 0 aliphatic carbocycles. The molecule has 0 amide bonds. The second kappa shape index (κ2) is 3.48. The summed E-state index contributed by atoms with van der Waals surface area (Å²) >= 11 is 0. The van der Waals surface area contributed by atoms with Crippen LogP contribution in [0.5, 0.6) is 0 Å². The summed E-state index contributed by atoms with van der Waals surface area (Å²) in [6.45, 7) is 4.22. The van der Waals surface area contributed by atoms with Gasteiger partial charge >= 0.3 is 0 Å². The Morgan fingerprint density at radius 3 is 2.82 bits per heavy atom.